The van der Waals surface area contributed by atoms with Gasteiger partial charge in [-0.05, 0) is 43.2 Å². The number of nitrogens with one attached hydrogen (secondary N) is 2. The zero-order chi connectivity index (χ0) is 27.9. The van der Waals surface area contributed by atoms with Gasteiger partial charge in [0, 0.05) is 25.2 Å². The summed E-state index contributed by atoms with van der Waals surface area (Å²) in [5.74, 6) is -0.979. The van der Waals surface area contributed by atoms with Gasteiger partial charge in [-0.2, -0.15) is 5.26 Å². The number of likely N-dealkylation sites (N-methyl/N-ethyl adjacent to an activating group) is 1. The fourth-order valence-corrected chi connectivity index (χ4v) is 4.18. The van der Waals surface area contributed by atoms with Crippen molar-refractivity contribution in [2.45, 2.75) is 66.5 Å². The first-order chi connectivity index (χ1) is 17.3. The van der Waals surface area contributed by atoms with Crippen LogP contribution < -0.4 is 10.6 Å². The molecule has 0 spiro atoms. The molecule has 0 aromatic heterocycles. The second-order valence-electron chi connectivity index (χ2n) is 11.4. The van der Waals surface area contributed by atoms with Gasteiger partial charge in [0.05, 0.1) is 18.5 Å². The van der Waals surface area contributed by atoms with Crippen molar-refractivity contribution in [1.29, 1.82) is 5.26 Å². The van der Waals surface area contributed by atoms with E-state index in [2.05, 4.69) is 37.5 Å². The van der Waals surface area contributed by atoms with E-state index >= 15 is 0 Å². The number of likely N-dealkylation sites (tertiary alicyclic amines) is 1. The van der Waals surface area contributed by atoms with Gasteiger partial charge in [0.25, 0.3) is 0 Å². The van der Waals surface area contributed by atoms with Gasteiger partial charge in [-0.25, -0.2) is 0 Å². The van der Waals surface area contributed by atoms with Gasteiger partial charge in [-0.15, -0.1) is 0 Å². The highest BCUT2D eigenvalue weighted by atomic mass is 16.2. The smallest absolute Gasteiger partial charge is 0.245 e. The molecule has 1 aliphatic heterocycles. The summed E-state index contributed by atoms with van der Waals surface area (Å²) in [5, 5.41) is 15.0. The van der Waals surface area contributed by atoms with Crippen LogP contribution in [0.5, 0.6) is 0 Å². The summed E-state index contributed by atoms with van der Waals surface area (Å²) in [6.45, 7) is 12.0. The standard InChI is InChI=1S/C24H31N5O4.C4H10/c1-15(26-22(32)19-11-24(19,2)3)23(33)28(4)14-20(30)29-13-16(10-18(29)12-25)21(31)27-17-8-6-5-7-9-17;1-4(2)3/h5-9,15-16,18-19H,10-11,13-14H2,1-4H3,(H,26,32)(H,27,31);4H,1-3H3. The summed E-state index contributed by atoms with van der Waals surface area (Å²) in [7, 11) is 1.49. The van der Waals surface area contributed by atoms with Crippen LogP contribution in [-0.2, 0) is 19.2 Å². The van der Waals surface area contributed by atoms with E-state index in [1.54, 1.807) is 31.2 Å². The van der Waals surface area contributed by atoms with Crippen molar-refractivity contribution in [3.63, 3.8) is 0 Å². The molecule has 0 radical (unpaired) electrons. The molecule has 4 atom stereocenters. The Hall–Kier alpha value is -3.41. The summed E-state index contributed by atoms with van der Waals surface area (Å²) in [5.41, 5.74) is 0.608. The number of hydrogen-bond acceptors (Lipinski definition) is 5. The number of carbonyl (C=O) groups is 4. The Morgan fingerprint density at radius 3 is 2.19 bits per heavy atom. The first-order valence-electron chi connectivity index (χ1n) is 12.9. The fraction of sp³-hybridized carbons (Fsp3) is 0.607. The van der Waals surface area contributed by atoms with E-state index in [4.69, 9.17) is 0 Å². The number of hydrogen-bond donors (Lipinski definition) is 2. The first kappa shape index (κ1) is 29.8. The molecule has 0 bridgehead atoms. The zero-order valence-corrected chi connectivity index (χ0v) is 23.1. The predicted octanol–water partition coefficient (Wildman–Crippen LogP) is 3.04. The molecule has 202 valence electrons. The molecule has 2 fully saturated rings. The van der Waals surface area contributed by atoms with Crippen molar-refractivity contribution in [2.75, 3.05) is 25.5 Å². The number of rotatable bonds is 7. The van der Waals surface area contributed by atoms with E-state index in [0.717, 1.165) is 12.3 Å². The molecular weight excluding hydrogens is 470 g/mol. The lowest BCUT2D eigenvalue weighted by Gasteiger charge is -2.26. The molecule has 37 heavy (non-hydrogen) atoms. The Morgan fingerprint density at radius 1 is 1.11 bits per heavy atom. The van der Waals surface area contributed by atoms with Crippen molar-refractivity contribution in [3.05, 3.63) is 30.3 Å². The van der Waals surface area contributed by atoms with Crippen molar-refractivity contribution in [3.8, 4) is 6.07 Å². The highest BCUT2D eigenvalue weighted by Gasteiger charge is 2.51. The van der Waals surface area contributed by atoms with E-state index in [1.807, 2.05) is 19.9 Å². The van der Waals surface area contributed by atoms with E-state index in [9.17, 15) is 24.4 Å². The van der Waals surface area contributed by atoms with Crippen LogP contribution in [0.1, 0.15) is 54.4 Å². The largest absolute Gasteiger partial charge is 0.344 e. The van der Waals surface area contributed by atoms with Crippen LogP contribution in [0.25, 0.3) is 0 Å². The maximum absolute atomic E-state index is 12.9. The summed E-state index contributed by atoms with van der Waals surface area (Å²) >= 11 is 0. The summed E-state index contributed by atoms with van der Waals surface area (Å²) < 4.78 is 0. The molecule has 1 saturated carbocycles. The second kappa shape index (κ2) is 12.7. The third kappa shape index (κ3) is 8.59. The molecule has 1 aromatic carbocycles. The van der Waals surface area contributed by atoms with Gasteiger partial charge >= 0.3 is 0 Å². The number of para-hydroxylation sites is 1. The quantitative estimate of drug-likeness (QED) is 0.583. The highest BCUT2D eigenvalue weighted by molar-refractivity contribution is 5.94. The average Bonchev–Trinajstić information content (AvgIpc) is 3.26. The van der Waals surface area contributed by atoms with Crippen LogP contribution in [0.4, 0.5) is 5.69 Å². The summed E-state index contributed by atoms with van der Waals surface area (Å²) in [4.78, 5) is 53.0. The molecule has 4 amide bonds. The van der Waals surface area contributed by atoms with Crippen LogP contribution >= 0.6 is 0 Å². The average molecular weight is 512 g/mol. The van der Waals surface area contributed by atoms with E-state index in [-0.39, 0.29) is 48.6 Å². The number of nitriles is 1. The molecule has 9 heteroatoms. The van der Waals surface area contributed by atoms with Crippen molar-refractivity contribution in [2.24, 2.45) is 23.2 Å². The van der Waals surface area contributed by atoms with Crippen LogP contribution in [-0.4, -0.2) is 65.6 Å². The molecule has 2 aliphatic rings. The Morgan fingerprint density at radius 2 is 1.68 bits per heavy atom. The first-order valence-corrected chi connectivity index (χ1v) is 12.9. The number of anilines is 1. The predicted molar refractivity (Wildman–Crippen MR) is 142 cm³/mol. The molecule has 1 aliphatic carbocycles. The van der Waals surface area contributed by atoms with Crippen LogP contribution in [0, 0.1) is 34.5 Å². The molecular formula is C28H41N5O4. The van der Waals surface area contributed by atoms with Gasteiger partial charge in [-0.1, -0.05) is 52.8 Å². The molecule has 2 N–H and O–H groups in total. The fourth-order valence-electron chi connectivity index (χ4n) is 4.18. The molecule has 1 aromatic rings. The van der Waals surface area contributed by atoms with E-state index in [1.165, 1.54) is 16.8 Å². The highest BCUT2D eigenvalue weighted by Crippen LogP contribution is 2.51. The van der Waals surface area contributed by atoms with Gasteiger partial charge < -0.3 is 20.4 Å². The minimum atomic E-state index is -0.763. The Bertz CT molecular complexity index is 1010. The molecule has 1 saturated heterocycles. The second-order valence-corrected chi connectivity index (χ2v) is 11.4. The van der Waals surface area contributed by atoms with E-state index < -0.39 is 23.9 Å². The Labute approximate surface area is 220 Å². The Kier molecular flexibility index (Phi) is 10.2. The van der Waals surface area contributed by atoms with Crippen molar-refractivity contribution < 1.29 is 19.2 Å². The third-order valence-corrected chi connectivity index (χ3v) is 6.49. The van der Waals surface area contributed by atoms with Gasteiger partial charge in [0.2, 0.25) is 23.6 Å². The number of nitrogens with zero attached hydrogens (tertiary/aromatic N) is 3. The Balaban J connectivity index is 0.00000112. The van der Waals surface area contributed by atoms with Crippen LogP contribution in [0.3, 0.4) is 0 Å². The topological polar surface area (TPSA) is 123 Å². The lowest BCUT2D eigenvalue weighted by molar-refractivity contribution is -0.141. The summed E-state index contributed by atoms with van der Waals surface area (Å²) in [6.07, 6.45) is 1.03. The zero-order valence-electron chi connectivity index (χ0n) is 23.1. The van der Waals surface area contributed by atoms with Crippen molar-refractivity contribution >= 4 is 29.3 Å². The molecule has 3 rings (SSSR count). The van der Waals surface area contributed by atoms with E-state index in [0.29, 0.717) is 5.69 Å². The maximum Gasteiger partial charge on any atom is 0.245 e. The minimum Gasteiger partial charge on any atom is -0.344 e. The van der Waals surface area contributed by atoms with Crippen LogP contribution in [0.15, 0.2) is 30.3 Å². The monoisotopic (exact) mass is 511 g/mol. The maximum atomic E-state index is 12.9. The third-order valence-electron chi connectivity index (χ3n) is 6.49. The molecule has 9 nitrogen and oxygen atoms in total. The molecule has 4 unspecified atom stereocenters. The lowest BCUT2D eigenvalue weighted by atomic mass is 10.1. The molecule has 1 heterocycles. The lowest BCUT2D eigenvalue weighted by Crippen LogP contribution is -2.50. The minimum absolute atomic E-state index is 0.0415. The van der Waals surface area contributed by atoms with Gasteiger partial charge in [0.1, 0.15) is 12.1 Å². The van der Waals surface area contributed by atoms with Crippen molar-refractivity contribution in [1.82, 2.24) is 15.1 Å². The van der Waals surface area contributed by atoms with Crippen LogP contribution in [0.2, 0.25) is 0 Å². The van der Waals surface area contributed by atoms with Gasteiger partial charge in [0.15, 0.2) is 0 Å². The normalized spacial score (nSPS) is 22.1. The SMILES string of the molecule is CC(C)C.CC(NC(=O)C1CC1(C)C)C(=O)N(C)CC(=O)N1CC(C(=O)Nc2ccccc2)CC1C#N. The summed E-state index contributed by atoms with van der Waals surface area (Å²) in [6, 6.07) is 9.57. The number of amides is 4. The number of benzene rings is 1. The number of carbonyl (C=O) groups excluding carboxylic acids is 4. The van der Waals surface area contributed by atoms with Gasteiger partial charge in [-0.3, -0.25) is 19.2 Å².